The number of nitrogens with zero attached hydrogens (tertiary/aromatic N) is 5. The molecule has 1 aliphatic heterocycles. The fraction of sp³-hybridized carbons (Fsp3) is 0.500. The summed E-state index contributed by atoms with van der Waals surface area (Å²) in [6.45, 7) is 1.85. The number of pyridine rings is 1. The molecule has 9 heteroatoms. The average molecular weight is 365 g/mol. The molecule has 3 rings (SSSR count). The summed E-state index contributed by atoms with van der Waals surface area (Å²) < 4.78 is 1.86. The molecule has 1 aliphatic rings. The number of hydrogen-bond acceptors (Lipinski definition) is 6. The minimum Gasteiger partial charge on any atom is -0.388 e. The summed E-state index contributed by atoms with van der Waals surface area (Å²) in [4.78, 5) is 18.3. The molecule has 25 heavy (non-hydrogen) atoms. The summed E-state index contributed by atoms with van der Waals surface area (Å²) in [6.07, 6.45) is 3.32. The number of nitrogens with one attached hydrogen (secondary N) is 1. The van der Waals surface area contributed by atoms with E-state index >= 15 is 0 Å². The van der Waals surface area contributed by atoms with Crippen LogP contribution in [0.5, 0.6) is 0 Å². The molecule has 0 atom stereocenters. The van der Waals surface area contributed by atoms with Crippen LogP contribution in [-0.2, 0) is 18.4 Å². The van der Waals surface area contributed by atoms with Crippen molar-refractivity contribution in [1.29, 1.82) is 0 Å². The van der Waals surface area contributed by atoms with E-state index < -0.39 is 0 Å². The molecule has 0 bridgehead atoms. The van der Waals surface area contributed by atoms with Crippen LogP contribution in [0.3, 0.4) is 0 Å². The van der Waals surface area contributed by atoms with Crippen molar-refractivity contribution in [2.24, 2.45) is 7.05 Å². The van der Waals surface area contributed by atoms with Crippen molar-refractivity contribution >= 4 is 23.3 Å². The highest BCUT2D eigenvalue weighted by atomic mass is 35.5. The minimum absolute atomic E-state index is 0.0884. The highest BCUT2D eigenvalue weighted by molar-refractivity contribution is 6.30. The van der Waals surface area contributed by atoms with Gasteiger partial charge in [-0.2, -0.15) is 0 Å². The van der Waals surface area contributed by atoms with Crippen molar-refractivity contribution in [3.05, 3.63) is 35.0 Å². The zero-order valence-corrected chi connectivity index (χ0v) is 14.8. The topological polar surface area (TPSA) is 96.2 Å². The molecule has 1 amide bonds. The predicted molar refractivity (Wildman–Crippen MR) is 93.2 cm³/mol. The molecule has 2 aromatic heterocycles. The van der Waals surface area contributed by atoms with Crippen LogP contribution in [0.2, 0.25) is 5.02 Å². The van der Waals surface area contributed by atoms with Crippen LogP contribution < -0.4 is 5.32 Å². The van der Waals surface area contributed by atoms with Gasteiger partial charge in [-0.05, 0) is 38.1 Å². The Morgan fingerprint density at radius 3 is 2.72 bits per heavy atom. The number of likely N-dealkylation sites (tertiary alicyclic amines) is 1. The van der Waals surface area contributed by atoms with E-state index in [2.05, 4.69) is 25.4 Å². The number of aliphatic hydroxyl groups is 1. The first-order valence-electron chi connectivity index (χ1n) is 8.19. The largest absolute Gasteiger partial charge is 0.388 e. The Morgan fingerprint density at radius 1 is 1.36 bits per heavy atom. The molecular weight excluding hydrogens is 344 g/mol. The number of hydrogen-bond donors (Lipinski definition) is 2. The van der Waals surface area contributed by atoms with Gasteiger partial charge in [-0.3, -0.25) is 9.69 Å². The predicted octanol–water partition coefficient (Wildman–Crippen LogP) is 1.17. The van der Waals surface area contributed by atoms with E-state index in [-0.39, 0.29) is 12.5 Å². The smallest absolute Gasteiger partial charge is 0.239 e. The van der Waals surface area contributed by atoms with Crippen molar-refractivity contribution in [3.63, 3.8) is 0 Å². The molecule has 0 radical (unpaired) electrons. The maximum atomic E-state index is 12.1. The number of piperidine rings is 1. The van der Waals surface area contributed by atoms with Crippen LogP contribution in [-0.4, -0.2) is 55.3 Å². The quantitative estimate of drug-likeness (QED) is 0.826. The van der Waals surface area contributed by atoms with E-state index in [0.29, 0.717) is 29.1 Å². The molecule has 1 fully saturated rings. The van der Waals surface area contributed by atoms with Crippen LogP contribution >= 0.6 is 11.6 Å². The first kappa shape index (κ1) is 17.8. The highest BCUT2D eigenvalue weighted by Gasteiger charge is 2.26. The SMILES string of the molecule is Cn1c(CO)nnc1C1CCN(CC(=O)Nc2ccc(Cl)cn2)CC1. The molecule has 8 nitrogen and oxygen atoms in total. The standard InChI is InChI=1S/C16H21ClN6O2/c1-22-14(10-24)20-21-16(22)11-4-6-23(7-5-11)9-15(25)19-13-3-2-12(17)8-18-13/h2-3,8,11,24H,4-7,9-10H2,1H3,(H,18,19,25). The Morgan fingerprint density at radius 2 is 2.12 bits per heavy atom. The lowest BCUT2D eigenvalue weighted by molar-refractivity contribution is -0.117. The van der Waals surface area contributed by atoms with Gasteiger partial charge in [-0.25, -0.2) is 4.98 Å². The average Bonchev–Trinajstić information content (AvgIpc) is 2.98. The van der Waals surface area contributed by atoms with Gasteiger partial charge >= 0.3 is 0 Å². The highest BCUT2D eigenvalue weighted by Crippen LogP contribution is 2.26. The Hall–Kier alpha value is -2.03. The Bertz CT molecular complexity index is 725. The molecule has 0 unspecified atom stereocenters. The second-order valence-electron chi connectivity index (χ2n) is 6.15. The maximum Gasteiger partial charge on any atom is 0.239 e. The molecule has 0 spiro atoms. The monoisotopic (exact) mass is 364 g/mol. The number of carbonyl (C=O) groups excluding carboxylic acids is 1. The summed E-state index contributed by atoms with van der Waals surface area (Å²) in [5.74, 6) is 2.19. The minimum atomic E-state index is -0.110. The fourth-order valence-corrected chi connectivity index (χ4v) is 3.16. The van der Waals surface area contributed by atoms with Crippen molar-refractivity contribution in [2.45, 2.75) is 25.4 Å². The summed E-state index contributed by atoms with van der Waals surface area (Å²) in [5, 5.41) is 20.7. The third-order valence-corrected chi connectivity index (χ3v) is 4.68. The van der Waals surface area contributed by atoms with Gasteiger partial charge in [-0.15, -0.1) is 10.2 Å². The summed E-state index contributed by atoms with van der Waals surface area (Å²) in [7, 11) is 1.87. The number of aromatic nitrogens is 4. The van der Waals surface area contributed by atoms with E-state index in [1.54, 1.807) is 12.1 Å². The maximum absolute atomic E-state index is 12.1. The van der Waals surface area contributed by atoms with Gasteiger partial charge in [0, 0.05) is 19.2 Å². The van der Waals surface area contributed by atoms with Gasteiger partial charge in [0.05, 0.1) is 11.6 Å². The van der Waals surface area contributed by atoms with Crippen molar-refractivity contribution in [2.75, 3.05) is 25.0 Å². The number of halogens is 1. The molecule has 134 valence electrons. The summed E-state index contributed by atoms with van der Waals surface area (Å²) in [5.41, 5.74) is 0. The number of rotatable bonds is 5. The Labute approximate surface area is 150 Å². The zero-order valence-electron chi connectivity index (χ0n) is 14.0. The zero-order chi connectivity index (χ0) is 17.8. The van der Waals surface area contributed by atoms with E-state index in [1.807, 2.05) is 11.6 Å². The van der Waals surface area contributed by atoms with Crippen molar-refractivity contribution in [3.8, 4) is 0 Å². The number of carbonyl (C=O) groups is 1. The molecule has 2 N–H and O–H groups in total. The van der Waals surface area contributed by atoms with Gasteiger partial charge < -0.3 is 15.0 Å². The molecule has 0 aromatic carbocycles. The second kappa shape index (κ2) is 7.90. The first-order valence-corrected chi connectivity index (χ1v) is 8.57. The second-order valence-corrected chi connectivity index (χ2v) is 6.59. The molecule has 1 saturated heterocycles. The third kappa shape index (κ3) is 4.33. The molecular formula is C16H21ClN6O2. The summed E-state index contributed by atoms with van der Waals surface area (Å²) >= 11 is 5.78. The Balaban J connectivity index is 1.49. The fourth-order valence-electron chi connectivity index (χ4n) is 3.05. The van der Waals surface area contributed by atoms with Crippen molar-refractivity contribution in [1.82, 2.24) is 24.6 Å². The van der Waals surface area contributed by atoms with Gasteiger partial charge in [0.25, 0.3) is 0 Å². The summed E-state index contributed by atoms with van der Waals surface area (Å²) in [6, 6.07) is 3.37. The molecule has 0 aliphatic carbocycles. The number of amides is 1. The third-order valence-electron chi connectivity index (χ3n) is 4.45. The van der Waals surface area contributed by atoms with Gasteiger partial charge in [0.2, 0.25) is 5.91 Å². The molecule has 0 saturated carbocycles. The van der Waals surface area contributed by atoms with Gasteiger partial charge in [0.15, 0.2) is 5.82 Å². The Kier molecular flexibility index (Phi) is 5.62. The van der Waals surface area contributed by atoms with Gasteiger partial charge in [0.1, 0.15) is 18.2 Å². The van der Waals surface area contributed by atoms with Crippen LogP contribution in [0, 0.1) is 0 Å². The van der Waals surface area contributed by atoms with Crippen LogP contribution in [0.1, 0.15) is 30.4 Å². The van der Waals surface area contributed by atoms with Crippen molar-refractivity contribution < 1.29 is 9.90 Å². The van der Waals surface area contributed by atoms with Crippen LogP contribution in [0.25, 0.3) is 0 Å². The van der Waals surface area contributed by atoms with Crippen LogP contribution in [0.4, 0.5) is 5.82 Å². The lowest BCUT2D eigenvalue weighted by Gasteiger charge is -2.30. The normalized spacial score (nSPS) is 16.1. The first-order chi connectivity index (χ1) is 12.1. The lowest BCUT2D eigenvalue weighted by Crippen LogP contribution is -2.39. The molecule has 2 aromatic rings. The number of aliphatic hydroxyl groups excluding tert-OH is 1. The lowest BCUT2D eigenvalue weighted by atomic mass is 9.96. The van der Waals surface area contributed by atoms with Gasteiger partial charge in [-0.1, -0.05) is 11.6 Å². The van der Waals surface area contributed by atoms with E-state index in [4.69, 9.17) is 11.6 Å². The van der Waals surface area contributed by atoms with E-state index in [0.717, 1.165) is 31.8 Å². The number of anilines is 1. The van der Waals surface area contributed by atoms with E-state index in [9.17, 15) is 9.90 Å². The van der Waals surface area contributed by atoms with E-state index in [1.165, 1.54) is 6.20 Å². The molecule has 3 heterocycles. The van der Waals surface area contributed by atoms with Crippen LogP contribution in [0.15, 0.2) is 18.3 Å².